The van der Waals surface area contributed by atoms with Crippen LogP contribution in [0.25, 0.3) is 0 Å². The van der Waals surface area contributed by atoms with E-state index in [1.807, 2.05) is 14.1 Å². The maximum Gasteiger partial charge on any atom is 0.340 e. The number of nitrogens with two attached hydrogens (primary N) is 1. The Morgan fingerprint density at radius 1 is 1.35 bits per heavy atom. The van der Waals surface area contributed by atoms with Gasteiger partial charge in [-0.05, 0) is 26.6 Å². The van der Waals surface area contributed by atoms with Crippen molar-refractivity contribution in [3.63, 3.8) is 0 Å². The molecule has 1 aromatic rings. The zero-order valence-electron chi connectivity index (χ0n) is 12.7. The molecule has 6 heteroatoms. The van der Waals surface area contributed by atoms with E-state index in [1.54, 1.807) is 12.3 Å². The number of ether oxygens (including phenoxy) is 1. The van der Waals surface area contributed by atoms with E-state index in [2.05, 4.69) is 21.7 Å². The molecule has 0 spiro atoms. The molecule has 0 fully saturated rings. The molecule has 0 aromatic carbocycles. The topological polar surface area (TPSA) is 71.7 Å². The number of carbonyl (C=O) groups excluding carboxylic acids is 1. The summed E-state index contributed by atoms with van der Waals surface area (Å²) in [5.74, 6) is 0.215. The Kier molecular flexibility index (Phi) is 6.24. The number of esters is 1. The van der Waals surface area contributed by atoms with Crippen molar-refractivity contribution in [3.8, 4) is 0 Å². The van der Waals surface area contributed by atoms with Crippen molar-refractivity contribution in [2.75, 3.05) is 51.5 Å². The first kappa shape index (κ1) is 16.2. The van der Waals surface area contributed by atoms with Crippen LogP contribution in [0.5, 0.6) is 0 Å². The molecule has 20 heavy (non-hydrogen) atoms. The molecule has 2 N–H and O–H groups in total. The highest BCUT2D eigenvalue weighted by atomic mass is 16.5. The molecule has 1 heterocycles. The van der Waals surface area contributed by atoms with Crippen LogP contribution < -0.4 is 10.6 Å². The smallest absolute Gasteiger partial charge is 0.340 e. The zero-order valence-corrected chi connectivity index (χ0v) is 12.7. The Balaban J connectivity index is 3.03. The average molecular weight is 280 g/mol. The molecule has 6 nitrogen and oxygen atoms in total. The molecule has 1 aromatic heterocycles. The summed E-state index contributed by atoms with van der Waals surface area (Å²) >= 11 is 0. The number of carbonyl (C=O) groups is 1. The summed E-state index contributed by atoms with van der Waals surface area (Å²) in [7, 11) is 5.38. The van der Waals surface area contributed by atoms with Crippen LogP contribution in [-0.2, 0) is 4.74 Å². The van der Waals surface area contributed by atoms with E-state index in [1.165, 1.54) is 7.11 Å². The number of pyridine rings is 1. The Morgan fingerprint density at radius 3 is 2.60 bits per heavy atom. The third-order valence-corrected chi connectivity index (χ3v) is 2.98. The normalized spacial score (nSPS) is 10.7. The van der Waals surface area contributed by atoms with Crippen LogP contribution in [0.3, 0.4) is 0 Å². The molecule has 0 aliphatic rings. The Bertz CT molecular complexity index is 449. The predicted octanol–water partition coefficient (Wildman–Crippen LogP) is 1.23. The summed E-state index contributed by atoms with van der Waals surface area (Å²) in [5, 5.41) is 0. The van der Waals surface area contributed by atoms with Gasteiger partial charge in [-0.25, -0.2) is 9.78 Å². The molecule has 0 aliphatic carbocycles. The van der Waals surface area contributed by atoms with Crippen molar-refractivity contribution in [2.24, 2.45) is 0 Å². The summed E-state index contributed by atoms with van der Waals surface area (Å²) < 4.78 is 4.74. The molecule has 112 valence electrons. The van der Waals surface area contributed by atoms with E-state index < -0.39 is 5.97 Å². The molecule has 0 saturated heterocycles. The minimum atomic E-state index is -0.435. The van der Waals surface area contributed by atoms with Crippen LogP contribution in [0, 0.1) is 0 Å². The number of likely N-dealkylation sites (N-methyl/N-ethyl adjacent to an activating group) is 1. The van der Waals surface area contributed by atoms with E-state index in [-0.39, 0.29) is 0 Å². The Labute approximate surface area is 120 Å². The van der Waals surface area contributed by atoms with Gasteiger partial charge in [0.15, 0.2) is 5.82 Å². The first-order valence-corrected chi connectivity index (χ1v) is 6.73. The van der Waals surface area contributed by atoms with Crippen molar-refractivity contribution in [3.05, 3.63) is 17.8 Å². The Hall–Kier alpha value is -1.82. The van der Waals surface area contributed by atoms with E-state index in [4.69, 9.17) is 10.5 Å². The van der Waals surface area contributed by atoms with Crippen molar-refractivity contribution in [1.29, 1.82) is 0 Å². The van der Waals surface area contributed by atoms with Gasteiger partial charge in [0.1, 0.15) is 0 Å². The number of hydrogen-bond donors (Lipinski definition) is 1. The zero-order chi connectivity index (χ0) is 15.1. The average Bonchev–Trinajstić information content (AvgIpc) is 2.43. The van der Waals surface area contributed by atoms with Crippen LogP contribution in [0.15, 0.2) is 12.3 Å². The standard InChI is InChI=1S/C14H24N4O2/c1-5-8-18(10-9-17(2)3)13-12(15)11(6-7-16-13)14(19)20-4/h6-7H,5,8-10,15H2,1-4H3. The SMILES string of the molecule is CCCN(CCN(C)C)c1nccc(C(=O)OC)c1N. The monoisotopic (exact) mass is 280 g/mol. The fourth-order valence-corrected chi connectivity index (χ4v) is 1.92. The van der Waals surface area contributed by atoms with Gasteiger partial charge in [0.2, 0.25) is 0 Å². The van der Waals surface area contributed by atoms with Crippen molar-refractivity contribution < 1.29 is 9.53 Å². The van der Waals surface area contributed by atoms with Crippen molar-refractivity contribution in [2.45, 2.75) is 13.3 Å². The van der Waals surface area contributed by atoms with Crippen LogP contribution in [0.1, 0.15) is 23.7 Å². The summed E-state index contributed by atoms with van der Waals surface area (Å²) in [4.78, 5) is 20.2. The number of nitrogen functional groups attached to an aromatic ring is 1. The van der Waals surface area contributed by atoms with Gasteiger partial charge in [0.05, 0.1) is 18.4 Å². The fraction of sp³-hybridized carbons (Fsp3) is 0.571. The minimum Gasteiger partial charge on any atom is -0.465 e. The Morgan fingerprint density at radius 2 is 2.05 bits per heavy atom. The summed E-state index contributed by atoms with van der Waals surface area (Å²) in [6, 6.07) is 1.58. The van der Waals surface area contributed by atoms with Gasteiger partial charge in [-0.1, -0.05) is 6.92 Å². The van der Waals surface area contributed by atoms with Gasteiger partial charge >= 0.3 is 5.97 Å². The van der Waals surface area contributed by atoms with Gasteiger partial charge < -0.3 is 20.3 Å². The van der Waals surface area contributed by atoms with Gasteiger partial charge in [0, 0.05) is 25.8 Å². The summed E-state index contributed by atoms with van der Waals surface area (Å²) in [6.07, 6.45) is 2.58. The molecule has 0 saturated carbocycles. The highest BCUT2D eigenvalue weighted by Crippen LogP contribution is 2.24. The highest BCUT2D eigenvalue weighted by Gasteiger charge is 2.17. The second-order valence-electron chi connectivity index (χ2n) is 4.88. The molecule has 0 unspecified atom stereocenters. The molecular weight excluding hydrogens is 256 g/mol. The largest absolute Gasteiger partial charge is 0.465 e. The molecule has 0 radical (unpaired) electrons. The van der Waals surface area contributed by atoms with Crippen molar-refractivity contribution in [1.82, 2.24) is 9.88 Å². The number of anilines is 2. The van der Waals surface area contributed by atoms with Crippen molar-refractivity contribution >= 4 is 17.5 Å². The van der Waals surface area contributed by atoms with Crippen LogP contribution in [-0.4, -0.2) is 56.7 Å². The lowest BCUT2D eigenvalue weighted by Crippen LogP contribution is -2.33. The molecule has 1 rings (SSSR count). The first-order valence-electron chi connectivity index (χ1n) is 6.73. The quantitative estimate of drug-likeness (QED) is 0.757. The second kappa shape index (κ2) is 7.69. The van der Waals surface area contributed by atoms with Crippen LogP contribution in [0.4, 0.5) is 11.5 Å². The molecule has 0 atom stereocenters. The summed E-state index contributed by atoms with van der Waals surface area (Å²) in [5.41, 5.74) is 6.82. The van der Waals surface area contributed by atoms with Gasteiger partial charge in [-0.2, -0.15) is 0 Å². The minimum absolute atomic E-state index is 0.364. The molecule has 0 amide bonds. The molecule has 0 aliphatic heterocycles. The van der Waals surface area contributed by atoms with Crippen LogP contribution in [0.2, 0.25) is 0 Å². The number of hydrogen-bond acceptors (Lipinski definition) is 6. The van der Waals surface area contributed by atoms with E-state index in [0.29, 0.717) is 17.1 Å². The van der Waals surface area contributed by atoms with Gasteiger partial charge in [-0.3, -0.25) is 0 Å². The van der Waals surface area contributed by atoms with Gasteiger partial charge in [-0.15, -0.1) is 0 Å². The lowest BCUT2D eigenvalue weighted by Gasteiger charge is -2.26. The molecule has 0 bridgehead atoms. The predicted molar refractivity (Wildman–Crippen MR) is 81.0 cm³/mol. The van der Waals surface area contributed by atoms with Crippen LogP contribution >= 0.6 is 0 Å². The molecular formula is C14H24N4O2. The summed E-state index contributed by atoms with van der Waals surface area (Å²) in [6.45, 7) is 4.64. The van der Waals surface area contributed by atoms with E-state index >= 15 is 0 Å². The van der Waals surface area contributed by atoms with E-state index in [0.717, 1.165) is 26.1 Å². The number of rotatable bonds is 7. The number of methoxy groups -OCH3 is 1. The third-order valence-electron chi connectivity index (χ3n) is 2.98. The second-order valence-corrected chi connectivity index (χ2v) is 4.88. The maximum absolute atomic E-state index is 11.7. The lowest BCUT2D eigenvalue weighted by atomic mass is 10.2. The number of aromatic nitrogens is 1. The first-order chi connectivity index (χ1) is 9.51. The lowest BCUT2D eigenvalue weighted by molar-refractivity contribution is 0.0602. The third kappa shape index (κ3) is 4.09. The van der Waals surface area contributed by atoms with E-state index in [9.17, 15) is 4.79 Å². The van der Waals surface area contributed by atoms with Gasteiger partial charge in [0.25, 0.3) is 0 Å². The number of nitrogens with zero attached hydrogens (tertiary/aromatic N) is 3. The maximum atomic E-state index is 11.7. The highest BCUT2D eigenvalue weighted by molar-refractivity contribution is 5.97. The fourth-order valence-electron chi connectivity index (χ4n) is 1.92.